The molecule has 0 bridgehead atoms. The summed E-state index contributed by atoms with van der Waals surface area (Å²) in [7, 11) is 0. The van der Waals surface area contributed by atoms with Crippen LogP contribution in [0, 0.1) is 6.92 Å². The highest BCUT2D eigenvalue weighted by molar-refractivity contribution is 5.92. The molecule has 0 radical (unpaired) electrons. The number of aryl methyl sites for hydroxylation is 1. The van der Waals surface area contributed by atoms with Crippen LogP contribution < -0.4 is 0 Å². The topological polar surface area (TPSA) is 54.6 Å². The average Bonchev–Trinajstić information content (AvgIpc) is 3.01. The summed E-state index contributed by atoms with van der Waals surface area (Å²) in [5.41, 5.74) is 7.20. The van der Waals surface area contributed by atoms with Crippen LogP contribution in [-0.4, -0.2) is 20.8 Å². The summed E-state index contributed by atoms with van der Waals surface area (Å²) in [6, 6.07) is 18.7. The van der Waals surface area contributed by atoms with Crippen LogP contribution in [0.3, 0.4) is 0 Å². The first-order valence-electron chi connectivity index (χ1n) is 9.44. The Hall–Kier alpha value is -3.40. The van der Waals surface area contributed by atoms with Crippen molar-refractivity contribution < 1.29 is 9.90 Å². The molecule has 0 saturated carbocycles. The maximum absolute atomic E-state index is 11.8. The fraction of sp³-hybridized carbons (Fsp3) is 0.167. The Bertz CT molecular complexity index is 1160. The van der Waals surface area contributed by atoms with Crippen LogP contribution in [0.4, 0.5) is 0 Å². The highest BCUT2D eigenvalue weighted by Gasteiger charge is 2.20. The van der Waals surface area contributed by atoms with Crippen LogP contribution in [-0.2, 0) is 12.8 Å². The first-order valence-corrected chi connectivity index (χ1v) is 9.44. The Morgan fingerprint density at radius 3 is 2.54 bits per heavy atom. The van der Waals surface area contributed by atoms with Crippen molar-refractivity contribution in [2.24, 2.45) is 0 Å². The second-order valence-corrected chi connectivity index (χ2v) is 6.98. The van der Waals surface area contributed by atoms with E-state index in [-0.39, 0.29) is 5.88 Å². The number of fused-ring (bicyclic) bond motifs is 1. The van der Waals surface area contributed by atoms with Crippen LogP contribution >= 0.6 is 0 Å². The van der Waals surface area contributed by atoms with Crippen molar-refractivity contribution in [3.8, 4) is 17.0 Å². The molecule has 2 heterocycles. The molecule has 4 rings (SSSR count). The smallest absolute Gasteiger partial charge is 0.236 e. The summed E-state index contributed by atoms with van der Waals surface area (Å²) in [6.45, 7) is 3.87. The molecule has 2 aromatic heterocycles. The van der Waals surface area contributed by atoms with E-state index in [4.69, 9.17) is 0 Å². The molecular formula is C24H22N2O2. The molecule has 2 aromatic carbocycles. The first-order chi connectivity index (χ1) is 13.6. The molecule has 0 unspecified atom stereocenters. The van der Waals surface area contributed by atoms with Crippen LogP contribution in [0.15, 0.2) is 60.8 Å². The van der Waals surface area contributed by atoms with E-state index in [1.165, 1.54) is 5.56 Å². The maximum Gasteiger partial charge on any atom is 0.236 e. The second kappa shape index (κ2) is 7.31. The second-order valence-electron chi connectivity index (χ2n) is 6.98. The van der Waals surface area contributed by atoms with Crippen molar-refractivity contribution in [3.63, 3.8) is 0 Å². The van der Waals surface area contributed by atoms with Gasteiger partial charge in [-0.2, -0.15) is 0 Å². The van der Waals surface area contributed by atoms with Crippen molar-refractivity contribution in [3.05, 3.63) is 88.9 Å². The molecule has 0 aliphatic carbocycles. The van der Waals surface area contributed by atoms with Gasteiger partial charge in [0.15, 0.2) is 6.29 Å². The summed E-state index contributed by atoms with van der Waals surface area (Å²) in [4.78, 5) is 15.9. The van der Waals surface area contributed by atoms with E-state index in [0.29, 0.717) is 29.6 Å². The zero-order valence-electron chi connectivity index (χ0n) is 16.0. The summed E-state index contributed by atoms with van der Waals surface area (Å²) in [6.07, 6.45) is 4.09. The van der Waals surface area contributed by atoms with Crippen LogP contribution in [0.1, 0.15) is 39.8 Å². The normalized spacial score (nSPS) is 11.1. The molecule has 28 heavy (non-hydrogen) atoms. The van der Waals surface area contributed by atoms with Crippen molar-refractivity contribution in [1.29, 1.82) is 0 Å². The van der Waals surface area contributed by atoms with Gasteiger partial charge in [0.1, 0.15) is 5.52 Å². The molecule has 4 heteroatoms. The Balaban J connectivity index is 1.86. The predicted octanol–water partition coefficient (Wildman–Crippen LogP) is 4.98. The Labute approximate surface area is 164 Å². The monoisotopic (exact) mass is 370 g/mol. The van der Waals surface area contributed by atoms with E-state index in [0.717, 1.165) is 28.7 Å². The lowest BCUT2D eigenvalue weighted by Crippen LogP contribution is -2.00. The number of aldehydes is 1. The number of carbonyl (C=O) groups excluding carboxylic acids is 1. The molecule has 4 nitrogen and oxygen atoms in total. The summed E-state index contributed by atoms with van der Waals surface area (Å²) < 4.78 is 1.93. The van der Waals surface area contributed by atoms with Gasteiger partial charge in [-0.05, 0) is 35.6 Å². The van der Waals surface area contributed by atoms with Gasteiger partial charge in [0.25, 0.3) is 0 Å². The number of rotatable bonds is 5. The van der Waals surface area contributed by atoms with Crippen LogP contribution in [0.5, 0.6) is 5.88 Å². The van der Waals surface area contributed by atoms with Gasteiger partial charge >= 0.3 is 0 Å². The predicted molar refractivity (Wildman–Crippen MR) is 111 cm³/mol. The standard InChI is InChI=1S/C24H22N2O2/c1-3-20-21(15-27)23-24(28)25-16(2)14-26(23)22(20)13-17-8-7-11-19(12-17)18-9-5-4-6-10-18/h4-12,14-15H,3,13H2,1-2H3,(H,25,28). The number of nitrogens with zero attached hydrogens (tertiary/aromatic N) is 2. The third kappa shape index (κ3) is 3.07. The summed E-state index contributed by atoms with van der Waals surface area (Å²) in [5, 5.41) is 10.4. The Kier molecular flexibility index (Phi) is 4.70. The zero-order chi connectivity index (χ0) is 19.7. The van der Waals surface area contributed by atoms with Gasteiger partial charge in [-0.15, -0.1) is 0 Å². The Morgan fingerprint density at radius 2 is 1.82 bits per heavy atom. The third-order valence-electron chi connectivity index (χ3n) is 5.15. The summed E-state index contributed by atoms with van der Waals surface area (Å²) >= 11 is 0. The summed E-state index contributed by atoms with van der Waals surface area (Å²) in [5.74, 6) is -0.0962. The number of carbonyl (C=O) groups is 1. The number of benzene rings is 2. The lowest BCUT2D eigenvalue weighted by Gasteiger charge is -2.09. The number of hydrogen-bond donors (Lipinski definition) is 1. The molecule has 4 aromatic rings. The average molecular weight is 370 g/mol. The molecule has 1 N–H and O–H groups in total. The van der Waals surface area contributed by atoms with E-state index in [1.807, 2.05) is 42.6 Å². The minimum atomic E-state index is -0.0962. The molecule has 0 atom stereocenters. The quantitative estimate of drug-likeness (QED) is 0.504. The third-order valence-corrected chi connectivity index (χ3v) is 5.15. The lowest BCUT2D eigenvalue weighted by atomic mass is 9.98. The lowest BCUT2D eigenvalue weighted by molar-refractivity contribution is 0.112. The minimum Gasteiger partial charge on any atom is -0.492 e. The van der Waals surface area contributed by atoms with E-state index in [9.17, 15) is 9.90 Å². The first kappa shape index (κ1) is 18.0. The van der Waals surface area contributed by atoms with Gasteiger partial charge in [-0.3, -0.25) is 4.79 Å². The van der Waals surface area contributed by atoms with Gasteiger partial charge in [0.05, 0.1) is 5.69 Å². The molecule has 0 amide bonds. The van der Waals surface area contributed by atoms with Gasteiger partial charge in [0, 0.05) is 23.9 Å². The molecule has 140 valence electrons. The number of hydrogen-bond acceptors (Lipinski definition) is 3. The van der Waals surface area contributed by atoms with Gasteiger partial charge in [-0.25, -0.2) is 4.98 Å². The molecule has 0 aliphatic rings. The highest BCUT2D eigenvalue weighted by atomic mass is 16.3. The minimum absolute atomic E-state index is 0.0962. The maximum atomic E-state index is 11.8. The van der Waals surface area contributed by atoms with Crippen molar-refractivity contribution in [2.75, 3.05) is 0 Å². The van der Waals surface area contributed by atoms with Gasteiger partial charge in [-0.1, -0.05) is 61.5 Å². The molecule has 0 saturated heterocycles. The molecular weight excluding hydrogens is 348 g/mol. The Morgan fingerprint density at radius 1 is 1.07 bits per heavy atom. The van der Waals surface area contributed by atoms with Crippen LogP contribution in [0.25, 0.3) is 16.6 Å². The SMILES string of the molecule is CCc1c(C=O)c2c(O)nc(C)cn2c1Cc1cccc(-c2ccccc2)c1. The van der Waals surface area contributed by atoms with Crippen molar-refractivity contribution >= 4 is 11.8 Å². The molecule has 0 aliphatic heterocycles. The van der Waals surface area contributed by atoms with Gasteiger partial charge < -0.3 is 9.51 Å². The number of aromatic nitrogens is 2. The van der Waals surface area contributed by atoms with E-state index in [1.54, 1.807) is 0 Å². The van der Waals surface area contributed by atoms with Crippen molar-refractivity contribution in [1.82, 2.24) is 9.38 Å². The van der Waals surface area contributed by atoms with Gasteiger partial charge in [0.2, 0.25) is 5.88 Å². The largest absolute Gasteiger partial charge is 0.492 e. The molecule has 0 spiro atoms. The van der Waals surface area contributed by atoms with Crippen molar-refractivity contribution in [2.45, 2.75) is 26.7 Å². The van der Waals surface area contributed by atoms with E-state index in [2.05, 4.69) is 41.4 Å². The fourth-order valence-corrected chi connectivity index (χ4v) is 3.91. The highest BCUT2D eigenvalue weighted by Crippen LogP contribution is 2.31. The number of aromatic hydroxyl groups is 1. The molecule has 0 fully saturated rings. The van der Waals surface area contributed by atoms with E-state index >= 15 is 0 Å². The fourth-order valence-electron chi connectivity index (χ4n) is 3.91. The van der Waals surface area contributed by atoms with E-state index < -0.39 is 0 Å². The zero-order valence-corrected chi connectivity index (χ0v) is 16.0. The van der Waals surface area contributed by atoms with Crippen LogP contribution in [0.2, 0.25) is 0 Å².